The largest absolute Gasteiger partial charge is 0.336 e. The number of benzene rings is 2. The van der Waals surface area contributed by atoms with Crippen molar-refractivity contribution in [3.63, 3.8) is 0 Å². The van der Waals surface area contributed by atoms with Gasteiger partial charge in [0.05, 0.1) is 5.69 Å². The molecule has 2 aromatic heterocycles. The second kappa shape index (κ2) is 7.10. The van der Waals surface area contributed by atoms with Crippen LogP contribution in [0.4, 0.5) is 5.88 Å². The van der Waals surface area contributed by atoms with Crippen LogP contribution in [-0.2, 0) is 16.4 Å². The third-order valence-electron chi connectivity index (χ3n) is 4.11. The maximum atomic E-state index is 13.2. The van der Waals surface area contributed by atoms with Crippen LogP contribution in [0.5, 0.6) is 0 Å². The molecule has 0 amide bonds. The third-order valence-corrected chi connectivity index (χ3v) is 7.80. The number of anilines is 1. The summed E-state index contributed by atoms with van der Waals surface area (Å²) in [5, 5.41) is 4.49. The Kier molecular flexibility index (Phi) is 4.79. The van der Waals surface area contributed by atoms with Gasteiger partial charge in [-0.25, -0.2) is 13.1 Å². The van der Waals surface area contributed by atoms with E-state index < -0.39 is 10.0 Å². The molecule has 0 bridgehead atoms. The molecule has 0 aliphatic carbocycles. The lowest BCUT2D eigenvalue weighted by Gasteiger charge is -2.08. The molecule has 0 radical (unpaired) electrons. The summed E-state index contributed by atoms with van der Waals surface area (Å²) in [6.45, 7) is 1.73. The Balaban J connectivity index is 1.83. The minimum atomic E-state index is -3.86. The van der Waals surface area contributed by atoms with Gasteiger partial charge in [0, 0.05) is 21.4 Å². The van der Waals surface area contributed by atoms with Crippen LogP contribution in [0.15, 0.2) is 68.5 Å². The monoisotopic (exact) mass is 462 g/mol. The fourth-order valence-electron chi connectivity index (χ4n) is 2.86. The molecular weight excluding hydrogens is 448 g/mol. The fourth-order valence-corrected chi connectivity index (χ4v) is 6.21. The number of hydrogen-bond donors (Lipinski definition) is 1. The number of thiophene rings is 1. The smallest absolute Gasteiger partial charge is 0.266 e. The highest BCUT2D eigenvalue weighted by Crippen LogP contribution is 2.38. The molecule has 27 heavy (non-hydrogen) atoms. The second-order valence-corrected chi connectivity index (χ2v) is 9.58. The molecule has 1 N–H and O–H groups in total. The Morgan fingerprint density at radius 2 is 1.81 bits per heavy atom. The number of aryl methyl sites for hydroxylation is 1. The van der Waals surface area contributed by atoms with Crippen molar-refractivity contribution in [2.45, 2.75) is 18.2 Å². The normalized spacial score (nSPS) is 11.8. The second-order valence-electron chi connectivity index (χ2n) is 6.03. The van der Waals surface area contributed by atoms with Crippen molar-refractivity contribution in [2.75, 3.05) is 4.72 Å². The molecule has 0 aliphatic heterocycles. The molecule has 138 valence electrons. The van der Waals surface area contributed by atoms with E-state index in [1.807, 2.05) is 54.6 Å². The Morgan fingerprint density at radius 1 is 1.11 bits per heavy atom. The highest BCUT2D eigenvalue weighted by atomic mass is 79.9. The summed E-state index contributed by atoms with van der Waals surface area (Å²) in [4.78, 5) is 1.06. The molecular formula is C19H15BrN2O3S2. The van der Waals surface area contributed by atoms with E-state index in [0.717, 1.165) is 15.1 Å². The maximum absolute atomic E-state index is 13.2. The van der Waals surface area contributed by atoms with Gasteiger partial charge in [0.2, 0.25) is 0 Å². The summed E-state index contributed by atoms with van der Waals surface area (Å²) in [6, 6.07) is 17.3. The third kappa shape index (κ3) is 3.52. The van der Waals surface area contributed by atoms with Crippen LogP contribution in [0.1, 0.15) is 16.1 Å². The lowest BCUT2D eigenvalue weighted by molar-refractivity contribution is 0.430. The average molecular weight is 463 g/mol. The van der Waals surface area contributed by atoms with Crippen LogP contribution in [0.3, 0.4) is 0 Å². The van der Waals surface area contributed by atoms with Gasteiger partial charge >= 0.3 is 0 Å². The number of aromatic nitrogens is 1. The zero-order valence-electron chi connectivity index (χ0n) is 14.3. The molecule has 0 aliphatic rings. The average Bonchev–Trinajstić information content (AvgIpc) is 3.17. The summed E-state index contributed by atoms with van der Waals surface area (Å²) in [5.74, 6) is 0.0773. The highest BCUT2D eigenvalue weighted by molar-refractivity contribution is 9.10. The number of nitrogens with one attached hydrogen (secondary N) is 1. The van der Waals surface area contributed by atoms with Gasteiger partial charge in [0.15, 0.2) is 0 Å². The van der Waals surface area contributed by atoms with Gasteiger partial charge in [0.25, 0.3) is 15.9 Å². The predicted molar refractivity (Wildman–Crippen MR) is 111 cm³/mol. The number of halogens is 1. The van der Waals surface area contributed by atoms with Gasteiger partial charge in [-0.2, -0.15) is 0 Å². The van der Waals surface area contributed by atoms with E-state index in [2.05, 4.69) is 25.8 Å². The molecule has 0 fully saturated rings. The van der Waals surface area contributed by atoms with Crippen LogP contribution in [0, 0.1) is 6.92 Å². The molecule has 0 saturated heterocycles. The minimum Gasteiger partial charge on any atom is -0.336 e. The number of fused-ring (bicyclic) bond motifs is 1. The van der Waals surface area contributed by atoms with E-state index in [1.54, 1.807) is 6.92 Å². The molecule has 0 saturated carbocycles. The van der Waals surface area contributed by atoms with Crippen LogP contribution < -0.4 is 4.72 Å². The summed E-state index contributed by atoms with van der Waals surface area (Å²) in [5.41, 5.74) is 1.63. The number of sulfonamides is 1. The molecule has 0 atom stereocenters. The molecule has 2 aromatic carbocycles. The molecule has 0 spiro atoms. The molecule has 4 aromatic rings. The summed E-state index contributed by atoms with van der Waals surface area (Å²) >= 11 is 4.80. The minimum absolute atomic E-state index is 0.0773. The van der Waals surface area contributed by atoms with E-state index in [4.69, 9.17) is 4.52 Å². The quantitative estimate of drug-likeness (QED) is 0.433. The first-order valence-corrected chi connectivity index (χ1v) is 11.2. The maximum Gasteiger partial charge on any atom is 0.266 e. The van der Waals surface area contributed by atoms with Crippen LogP contribution in [-0.4, -0.2) is 13.6 Å². The van der Waals surface area contributed by atoms with E-state index in [0.29, 0.717) is 22.0 Å². The van der Waals surface area contributed by atoms with Crippen molar-refractivity contribution in [3.8, 4) is 0 Å². The molecule has 0 unspecified atom stereocenters. The zero-order valence-corrected chi connectivity index (χ0v) is 17.5. The van der Waals surface area contributed by atoms with E-state index >= 15 is 0 Å². The lowest BCUT2D eigenvalue weighted by Crippen LogP contribution is -2.14. The Labute approximate surface area is 169 Å². The van der Waals surface area contributed by atoms with Crippen LogP contribution in [0.25, 0.3) is 10.1 Å². The predicted octanol–water partition coefficient (Wildman–Crippen LogP) is 5.35. The SMILES string of the molecule is Cc1noc(NS(=O)(=O)c2c(Cc3ccccc3)sc3ccccc23)c1Br. The first kappa shape index (κ1) is 18.2. The van der Waals surface area contributed by atoms with Crippen molar-refractivity contribution in [2.24, 2.45) is 0 Å². The van der Waals surface area contributed by atoms with Gasteiger partial charge < -0.3 is 4.52 Å². The Bertz CT molecular complexity index is 1210. The summed E-state index contributed by atoms with van der Waals surface area (Å²) < 4.78 is 35.5. The topological polar surface area (TPSA) is 72.2 Å². The zero-order chi connectivity index (χ0) is 19.0. The molecule has 2 heterocycles. The number of nitrogens with zero attached hydrogens (tertiary/aromatic N) is 1. The Morgan fingerprint density at radius 3 is 2.52 bits per heavy atom. The van der Waals surface area contributed by atoms with Crippen LogP contribution >= 0.6 is 27.3 Å². The number of hydrogen-bond acceptors (Lipinski definition) is 5. The van der Waals surface area contributed by atoms with Gasteiger partial charge in [-0.05, 0) is 34.5 Å². The van der Waals surface area contributed by atoms with Crippen molar-refractivity contribution in [3.05, 3.63) is 75.2 Å². The molecule has 4 rings (SSSR count). The van der Waals surface area contributed by atoms with Crippen LogP contribution in [0.2, 0.25) is 0 Å². The van der Waals surface area contributed by atoms with Crippen molar-refractivity contribution >= 4 is 53.3 Å². The van der Waals surface area contributed by atoms with E-state index in [1.165, 1.54) is 11.3 Å². The van der Waals surface area contributed by atoms with Gasteiger partial charge in [-0.1, -0.05) is 53.7 Å². The Hall–Kier alpha value is -2.16. The number of rotatable bonds is 5. The lowest BCUT2D eigenvalue weighted by atomic mass is 10.1. The highest BCUT2D eigenvalue weighted by Gasteiger charge is 2.27. The first-order valence-electron chi connectivity index (χ1n) is 8.14. The van der Waals surface area contributed by atoms with Crippen molar-refractivity contribution < 1.29 is 12.9 Å². The standard InChI is InChI=1S/C19H15BrN2O3S2/c1-12-17(20)19(25-21-12)22-27(23,24)18-14-9-5-6-10-15(14)26-16(18)11-13-7-3-2-4-8-13/h2-10,22H,11H2,1H3. The van der Waals surface area contributed by atoms with Gasteiger partial charge in [-0.3, -0.25) is 0 Å². The fraction of sp³-hybridized carbons (Fsp3) is 0.105. The van der Waals surface area contributed by atoms with Gasteiger partial charge in [-0.15, -0.1) is 11.3 Å². The van der Waals surface area contributed by atoms with Crippen molar-refractivity contribution in [1.82, 2.24) is 5.16 Å². The van der Waals surface area contributed by atoms with E-state index in [-0.39, 0.29) is 10.8 Å². The summed E-state index contributed by atoms with van der Waals surface area (Å²) in [7, 11) is -3.86. The first-order chi connectivity index (χ1) is 13.0. The van der Waals surface area contributed by atoms with E-state index in [9.17, 15) is 8.42 Å². The molecule has 5 nitrogen and oxygen atoms in total. The van der Waals surface area contributed by atoms with Gasteiger partial charge in [0.1, 0.15) is 9.37 Å². The molecule has 8 heteroatoms. The van der Waals surface area contributed by atoms with Crippen molar-refractivity contribution in [1.29, 1.82) is 0 Å². The summed E-state index contributed by atoms with van der Waals surface area (Å²) in [6.07, 6.45) is 0.535.